The number of hydrogen-bond acceptors (Lipinski definition) is 5. The molecule has 1 atom stereocenters. The van der Waals surface area contributed by atoms with Crippen LogP contribution in [0, 0.1) is 0 Å². The lowest BCUT2D eigenvalue weighted by molar-refractivity contribution is 0.301. The molecule has 3 aromatic carbocycles. The van der Waals surface area contributed by atoms with Gasteiger partial charge in [0, 0.05) is 30.4 Å². The number of hydrogen-bond donors (Lipinski definition) is 3. The van der Waals surface area contributed by atoms with Crippen molar-refractivity contribution in [2.45, 2.75) is 57.5 Å². The Bertz CT molecular complexity index is 1160. The number of aryl methyl sites for hydroxylation is 1. The number of nitrogens with zero attached hydrogens (tertiary/aromatic N) is 1. The molecule has 0 amide bonds. The Balaban J connectivity index is 1.61. The zero-order valence-electron chi connectivity index (χ0n) is 22.1. The van der Waals surface area contributed by atoms with Gasteiger partial charge in [-0.25, -0.2) is 0 Å². The van der Waals surface area contributed by atoms with Crippen molar-refractivity contribution in [3.05, 3.63) is 88.5 Å². The van der Waals surface area contributed by atoms with Crippen molar-refractivity contribution >= 4 is 5.69 Å². The third-order valence-electron chi connectivity index (χ3n) is 7.53. The van der Waals surface area contributed by atoms with Crippen LogP contribution in [0.4, 0.5) is 5.69 Å². The molecular formula is C31H40N2O3. The fourth-order valence-electron chi connectivity index (χ4n) is 5.26. The minimum Gasteiger partial charge on any atom is -0.508 e. The first-order chi connectivity index (χ1) is 17.3. The van der Waals surface area contributed by atoms with Crippen LogP contribution in [0.25, 0.3) is 0 Å². The Labute approximate surface area is 215 Å². The summed E-state index contributed by atoms with van der Waals surface area (Å²) in [7, 11) is 3.70. The maximum atomic E-state index is 9.96. The number of benzene rings is 3. The molecule has 4 rings (SSSR count). The molecule has 0 bridgehead atoms. The molecule has 0 spiro atoms. The van der Waals surface area contributed by atoms with Crippen molar-refractivity contribution in [3.8, 4) is 11.5 Å². The zero-order chi connectivity index (χ0) is 25.7. The molecule has 0 heterocycles. The highest BCUT2D eigenvalue weighted by Crippen LogP contribution is 2.40. The van der Waals surface area contributed by atoms with Gasteiger partial charge in [-0.3, -0.25) is 0 Å². The summed E-state index contributed by atoms with van der Waals surface area (Å²) in [6.07, 6.45) is 3.88. The summed E-state index contributed by atoms with van der Waals surface area (Å²) >= 11 is 0. The highest BCUT2D eigenvalue weighted by molar-refractivity contribution is 5.60. The predicted molar refractivity (Wildman–Crippen MR) is 147 cm³/mol. The number of anilines is 1. The lowest BCUT2D eigenvalue weighted by Crippen LogP contribution is -2.38. The smallest absolute Gasteiger partial charge is 0.120 e. The van der Waals surface area contributed by atoms with Crippen LogP contribution in [-0.2, 0) is 25.8 Å². The molecular weight excluding hydrogens is 448 g/mol. The lowest BCUT2D eigenvalue weighted by Gasteiger charge is -2.32. The van der Waals surface area contributed by atoms with Crippen molar-refractivity contribution in [1.82, 2.24) is 5.32 Å². The van der Waals surface area contributed by atoms with Crippen molar-refractivity contribution in [2.75, 3.05) is 32.2 Å². The first-order valence-corrected chi connectivity index (χ1v) is 12.9. The van der Waals surface area contributed by atoms with E-state index in [0.29, 0.717) is 24.8 Å². The molecule has 0 unspecified atom stereocenters. The molecule has 0 fully saturated rings. The zero-order valence-corrected chi connectivity index (χ0v) is 22.1. The van der Waals surface area contributed by atoms with Crippen LogP contribution in [-0.4, -0.2) is 43.1 Å². The molecule has 5 nitrogen and oxygen atoms in total. The Kier molecular flexibility index (Phi) is 8.22. The number of phenolic OH excluding ortho intramolecular Hbond substituents is 1. The minimum absolute atomic E-state index is 0.0529. The largest absolute Gasteiger partial charge is 0.508 e. The molecule has 0 aromatic heterocycles. The van der Waals surface area contributed by atoms with Gasteiger partial charge in [-0.15, -0.1) is 0 Å². The van der Waals surface area contributed by atoms with Crippen LogP contribution in [0.1, 0.15) is 54.0 Å². The van der Waals surface area contributed by atoms with Gasteiger partial charge in [-0.2, -0.15) is 0 Å². The number of ether oxygens (including phenoxy) is 1. The van der Waals surface area contributed by atoms with Crippen molar-refractivity contribution in [3.63, 3.8) is 0 Å². The number of aliphatic hydroxyl groups is 1. The van der Waals surface area contributed by atoms with E-state index in [1.165, 1.54) is 27.8 Å². The standard InChI is InChI=1S/C31H40N2O3/c1-31(2,32-3)20-22-5-7-23(8-6-22)21-33(15-16-34)30-19-28(36-4)13-14-29(30)26-10-9-25-18-27(35)12-11-24(25)17-26/h5-8,11-14,18-19,26,32,34-35H,9-10,15-17,20-21H2,1-4H3/t26-/m1/s1. The Morgan fingerprint density at radius 2 is 1.75 bits per heavy atom. The number of methoxy groups -OCH3 is 1. The van der Waals surface area contributed by atoms with Crippen LogP contribution in [0.15, 0.2) is 60.7 Å². The molecule has 1 aliphatic carbocycles. The molecule has 0 radical (unpaired) electrons. The molecule has 0 saturated carbocycles. The SMILES string of the molecule is CNC(C)(C)Cc1ccc(CN(CCO)c2cc(OC)ccc2[C@@H]2CCc3cc(O)ccc3C2)cc1. The number of aromatic hydroxyl groups is 1. The predicted octanol–water partition coefficient (Wildman–Crippen LogP) is 5.21. The van der Waals surface area contributed by atoms with E-state index in [1.807, 2.05) is 19.2 Å². The van der Waals surface area contributed by atoms with Crippen molar-refractivity contribution in [2.24, 2.45) is 0 Å². The summed E-state index contributed by atoms with van der Waals surface area (Å²) < 4.78 is 5.59. The number of aliphatic hydroxyl groups excluding tert-OH is 1. The van der Waals surface area contributed by atoms with Gasteiger partial charge in [-0.05, 0) is 98.5 Å². The average molecular weight is 489 g/mol. The van der Waals surface area contributed by atoms with Gasteiger partial charge >= 0.3 is 0 Å². The number of phenols is 1. The van der Waals surface area contributed by atoms with Crippen LogP contribution in [0.2, 0.25) is 0 Å². The second-order valence-corrected chi connectivity index (χ2v) is 10.6. The van der Waals surface area contributed by atoms with E-state index in [2.05, 4.69) is 66.5 Å². The fraction of sp³-hybridized carbons (Fsp3) is 0.419. The maximum absolute atomic E-state index is 9.96. The third-order valence-corrected chi connectivity index (χ3v) is 7.53. The summed E-state index contributed by atoms with van der Waals surface area (Å²) in [4.78, 5) is 2.27. The van der Waals surface area contributed by atoms with Gasteiger partial charge in [0.05, 0.1) is 13.7 Å². The number of rotatable bonds is 10. The first-order valence-electron chi connectivity index (χ1n) is 12.9. The first kappa shape index (κ1) is 26.1. The van der Waals surface area contributed by atoms with Gasteiger partial charge in [0.25, 0.3) is 0 Å². The van der Waals surface area contributed by atoms with E-state index in [9.17, 15) is 10.2 Å². The van der Waals surface area contributed by atoms with Gasteiger partial charge in [0.15, 0.2) is 0 Å². The Morgan fingerprint density at radius 1 is 1.00 bits per heavy atom. The summed E-state index contributed by atoms with van der Waals surface area (Å²) in [6, 6.07) is 20.9. The highest BCUT2D eigenvalue weighted by atomic mass is 16.5. The Morgan fingerprint density at radius 3 is 2.44 bits per heavy atom. The Hall–Kier alpha value is -3.02. The molecule has 3 aromatic rings. The number of nitrogens with one attached hydrogen (secondary N) is 1. The monoisotopic (exact) mass is 488 g/mol. The molecule has 0 aliphatic heterocycles. The number of fused-ring (bicyclic) bond motifs is 1. The fourth-order valence-corrected chi connectivity index (χ4v) is 5.26. The van der Waals surface area contributed by atoms with Gasteiger partial charge in [0.2, 0.25) is 0 Å². The van der Waals surface area contributed by atoms with Crippen LogP contribution >= 0.6 is 0 Å². The summed E-state index contributed by atoms with van der Waals surface area (Å²) in [6.45, 7) is 5.76. The molecule has 192 valence electrons. The van der Waals surface area contributed by atoms with Gasteiger partial charge < -0.3 is 25.2 Å². The maximum Gasteiger partial charge on any atom is 0.120 e. The van der Waals surface area contributed by atoms with Crippen LogP contribution < -0.4 is 15.0 Å². The lowest BCUT2D eigenvalue weighted by atomic mass is 9.79. The third kappa shape index (κ3) is 6.21. The summed E-state index contributed by atoms with van der Waals surface area (Å²) in [5, 5.41) is 23.2. The molecule has 36 heavy (non-hydrogen) atoms. The minimum atomic E-state index is 0.0529. The number of likely N-dealkylation sites (N-methyl/N-ethyl adjacent to an activating group) is 1. The summed E-state index contributed by atoms with van der Waals surface area (Å²) in [5.41, 5.74) is 7.53. The van der Waals surface area contributed by atoms with E-state index in [1.54, 1.807) is 13.2 Å². The second-order valence-electron chi connectivity index (χ2n) is 10.6. The van der Waals surface area contributed by atoms with Gasteiger partial charge in [0.1, 0.15) is 11.5 Å². The van der Waals surface area contributed by atoms with Crippen molar-refractivity contribution < 1.29 is 14.9 Å². The molecule has 1 aliphatic rings. The van der Waals surface area contributed by atoms with Gasteiger partial charge in [-0.1, -0.05) is 36.4 Å². The second kappa shape index (κ2) is 11.4. The molecule has 3 N–H and O–H groups in total. The van der Waals surface area contributed by atoms with E-state index in [4.69, 9.17) is 4.74 Å². The molecule has 5 heteroatoms. The van der Waals surface area contributed by atoms with E-state index in [0.717, 1.165) is 37.1 Å². The average Bonchev–Trinajstić information content (AvgIpc) is 2.88. The van der Waals surface area contributed by atoms with E-state index < -0.39 is 0 Å². The topological polar surface area (TPSA) is 65.0 Å². The van der Waals surface area contributed by atoms with Crippen LogP contribution in [0.3, 0.4) is 0 Å². The van der Waals surface area contributed by atoms with E-state index >= 15 is 0 Å². The highest BCUT2D eigenvalue weighted by Gasteiger charge is 2.25. The summed E-state index contributed by atoms with van der Waals surface area (Å²) in [5.74, 6) is 1.53. The normalized spacial score (nSPS) is 15.4. The quantitative estimate of drug-likeness (QED) is 0.366. The molecule has 0 saturated heterocycles. The van der Waals surface area contributed by atoms with Crippen LogP contribution in [0.5, 0.6) is 11.5 Å². The van der Waals surface area contributed by atoms with E-state index in [-0.39, 0.29) is 12.1 Å². The van der Waals surface area contributed by atoms with Crippen molar-refractivity contribution in [1.29, 1.82) is 0 Å².